The molecule has 1 N–H and O–H groups in total. The lowest BCUT2D eigenvalue weighted by Gasteiger charge is -2.17. The summed E-state index contributed by atoms with van der Waals surface area (Å²) in [5.74, 6) is 0.552. The number of nitrogens with zero attached hydrogens (tertiary/aromatic N) is 2. The molecule has 0 aliphatic heterocycles. The van der Waals surface area contributed by atoms with E-state index in [1.54, 1.807) is 11.3 Å². The van der Waals surface area contributed by atoms with E-state index in [9.17, 15) is 4.79 Å². The molecule has 1 fully saturated rings. The fraction of sp³-hybridized carbons (Fsp3) is 0.500. The Bertz CT molecular complexity index is 851. The highest BCUT2D eigenvalue weighted by atomic mass is 32.1. The maximum Gasteiger partial charge on any atom is 0.281 e. The van der Waals surface area contributed by atoms with E-state index in [2.05, 4.69) is 42.6 Å². The van der Waals surface area contributed by atoms with Crippen molar-refractivity contribution in [2.24, 2.45) is 10.9 Å². The SMILES string of the molecule is CNc1ccccc1C(=O)/N=c1\sc(C(C)(C)C)c(C)n1CC1CC1. The van der Waals surface area contributed by atoms with Crippen LogP contribution in [0.4, 0.5) is 5.69 Å². The van der Waals surface area contributed by atoms with E-state index in [0.717, 1.165) is 23.0 Å². The van der Waals surface area contributed by atoms with Crippen molar-refractivity contribution in [3.63, 3.8) is 0 Å². The number of aromatic nitrogens is 1. The molecule has 1 heterocycles. The quantitative estimate of drug-likeness (QED) is 0.884. The van der Waals surface area contributed by atoms with Gasteiger partial charge in [0.15, 0.2) is 4.80 Å². The van der Waals surface area contributed by atoms with Gasteiger partial charge in [0.1, 0.15) is 0 Å². The van der Waals surface area contributed by atoms with Crippen molar-refractivity contribution in [3.8, 4) is 0 Å². The van der Waals surface area contributed by atoms with Gasteiger partial charge in [0.25, 0.3) is 5.91 Å². The molecule has 1 aliphatic rings. The van der Waals surface area contributed by atoms with Crippen molar-refractivity contribution in [2.75, 3.05) is 12.4 Å². The summed E-state index contributed by atoms with van der Waals surface area (Å²) in [6.45, 7) is 9.78. The molecule has 0 atom stereocenters. The zero-order valence-corrected chi connectivity index (χ0v) is 16.5. The van der Waals surface area contributed by atoms with Gasteiger partial charge in [-0.15, -0.1) is 11.3 Å². The van der Waals surface area contributed by atoms with E-state index in [0.29, 0.717) is 5.56 Å². The zero-order chi connectivity index (χ0) is 18.2. The summed E-state index contributed by atoms with van der Waals surface area (Å²) in [6, 6.07) is 7.53. The molecular weight excluding hydrogens is 330 g/mol. The first-order valence-electron chi connectivity index (χ1n) is 8.88. The molecule has 3 rings (SSSR count). The Morgan fingerprint density at radius 3 is 2.60 bits per heavy atom. The first-order valence-corrected chi connectivity index (χ1v) is 9.69. The zero-order valence-electron chi connectivity index (χ0n) is 15.7. The van der Waals surface area contributed by atoms with Crippen LogP contribution in [-0.4, -0.2) is 17.5 Å². The number of benzene rings is 1. The van der Waals surface area contributed by atoms with Crippen LogP contribution in [0.2, 0.25) is 0 Å². The molecule has 1 aromatic carbocycles. The van der Waals surface area contributed by atoms with Gasteiger partial charge in [-0.25, -0.2) is 0 Å². The second kappa shape index (κ2) is 6.79. The van der Waals surface area contributed by atoms with Crippen molar-refractivity contribution >= 4 is 22.9 Å². The van der Waals surface area contributed by atoms with Crippen LogP contribution in [0.5, 0.6) is 0 Å². The van der Waals surface area contributed by atoms with Crippen LogP contribution in [0.15, 0.2) is 29.3 Å². The normalized spacial score (nSPS) is 15.5. The highest BCUT2D eigenvalue weighted by Crippen LogP contribution is 2.33. The Morgan fingerprint density at radius 1 is 1.32 bits per heavy atom. The van der Waals surface area contributed by atoms with Crippen molar-refractivity contribution in [1.29, 1.82) is 0 Å². The van der Waals surface area contributed by atoms with Gasteiger partial charge in [0.05, 0.1) is 5.56 Å². The standard InChI is InChI=1S/C20H27N3OS/c1-13-17(20(2,3)4)25-19(23(13)12-14-10-11-14)22-18(24)15-8-6-7-9-16(15)21-5/h6-9,14,21H,10-12H2,1-5H3/b22-19-. The molecule has 0 spiro atoms. The summed E-state index contributed by atoms with van der Waals surface area (Å²) in [7, 11) is 1.83. The number of rotatable bonds is 4. The van der Waals surface area contributed by atoms with Crippen LogP contribution in [0.25, 0.3) is 0 Å². The maximum absolute atomic E-state index is 12.8. The predicted octanol–water partition coefficient (Wildman–Crippen LogP) is 4.35. The number of hydrogen-bond donors (Lipinski definition) is 1. The third-order valence-electron chi connectivity index (χ3n) is 4.60. The molecule has 0 radical (unpaired) electrons. The van der Waals surface area contributed by atoms with Gasteiger partial charge in [-0.1, -0.05) is 32.9 Å². The monoisotopic (exact) mass is 357 g/mol. The molecule has 1 saturated carbocycles. The molecule has 1 aromatic heterocycles. The molecule has 2 aromatic rings. The highest BCUT2D eigenvalue weighted by molar-refractivity contribution is 7.09. The van der Waals surface area contributed by atoms with Crippen LogP contribution in [0.1, 0.15) is 54.5 Å². The molecule has 0 unspecified atom stereocenters. The first-order chi connectivity index (χ1) is 11.8. The van der Waals surface area contributed by atoms with Crippen LogP contribution in [0.3, 0.4) is 0 Å². The van der Waals surface area contributed by atoms with Crippen LogP contribution < -0.4 is 10.1 Å². The lowest BCUT2D eigenvalue weighted by Crippen LogP contribution is -2.20. The smallest absolute Gasteiger partial charge is 0.281 e. The van der Waals surface area contributed by atoms with E-state index < -0.39 is 0 Å². The second-order valence-electron chi connectivity index (χ2n) is 7.82. The van der Waals surface area contributed by atoms with Gasteiger partial charge in [-0.2, -0.15) is 4.99 Å². The van der Waals surface area contributed by atoms with Crippen LogP contribution in [0, 0.1) is 12.8 Å². The fourth-order valence-corrected chi connectivity index (χ4v) is 4.27. The number of thiazole rings is 1. The van der Waals surface area contributed by atoms with Crippen molar-refractivity contribution in [3.05, 3.63) is 45.2 Å². The van der Waals surface area contributed by atoms with Gasteiger partial charge < -0.3 is 9.88 Å². The summed E-state index contributed by atoms with van der Waals surface area (Å²) in [5, 5.41) is 3.08. The van der Waals surface area contributed by atoms with Gasteiger partial charge in [0.2, 0.25) is 0 Å². The minimum atomic E-state index is -0.184. The second-order valence-corrected chi connectivity index (χ2v) is 8.79. The highest BCUT2D eigenvalue weighted by Gasteiger charge is 2.27. The Hall–Kier alpha value is -1.88. The number of carbonyl (C=O) groups is 1. The molecule has 1 amide bonds. The molecule has 25 heavy (non-hydrogen) atoms. The van der Waals surface area contributed by atoms with Crippen molar-refractivity contribution in [2.45, 2.75) is 52.5 Å². The molecule has 0 bridgehead atoms. The average molecular weight is 358 g/mol. The van der Waals surface area contributed by atoms with Gasteiger partial charge in [0, 0.05) is 29.9 Å². The maximum atomic E-state index is 12.8. The van der Waals surface area contributed by atoms with E-state index >= 15 is 0 Å². The number of amides is 1. The van der Waals surface area contributed by atoms with Gasteiger partial charge >= 0.3 is 0 Å². The minimum Gasteiger partial charge on any atom is -0.387 e. The average Bonchev–Trinajstić information content (AvgIpc) is 3.33. The van der Waals surface area contributed by atoms with Gasteiger partial charge in [-0.3, -0.25) is 4.79 Å². The minimum absolute atomic E-state index is 0.0553. The van der Waals surface area contributed by atoms with Crippen molar-refractivity contribution < 1.29 is 4.79 Å². The van der Waals surface area contributed by atoms with E-state index in [1.165, 1.54) is 23.4 Å². The fourth-order valence-electron chi connectivity index (χ4n) is 3.07. The van der Waals surface area contributed by atoms with Crippen LogP contribution in [-0.2, 0) is 12.0 Å². The molecule has 134 valence electrons. The van der Waals surface area contributed by atoms with E-state index in [4.69, 9.17) is 0 Å². The summed E-state index contributed by atoms with van der Waals surface area (Å²) >= 11 is 1.65. The molecule has 4 nitrogen and oxygen atoms in total. The predicted molar refractivity (Wildman–Crippen MR) is 104 cm³/mol. The molecule has 0 saturated heterocycles. The van der Waals surface area contributed by atoms with Crippen molar-refractivity contribution in [1.82, 2.24) is 4.57 Å². The lowest BCUT2D eigenvalue weighted by atomic mass is 9.93. The largest absolute Gasteiger partial charge is 0.387 e. The third kappa shape index (κ3) is 3.87. The first kappa shape index (κ1) is 17.9. The Labute approximate surface area is 153 Å². The Kier molecular flexibility index (Phi) is 4.87. The lowest BCUT2D eigenvalue weighted by molar-refractivity contribution is 0.0998. The summed E-state index contributed by atoms with van der Waals surface area (Å²) in [4.78, 5) is 19.5. The number of hydrogen-bond acceptors (Lipinski definition) is 3. The number of carbonyl (C=O) groups excluding carboxylic acids is 1. The Morgan fingerprint density at radius 2 is 2.00 bits per heavy atom. The summed E-state index contributed by atoms with van der Waals surface area (Å²) in [6.07, 6.45) is 2.56. The molecule has 5 heteroatoms. The van der Waals surface area contributed by atoms with Crippen LogP contribution >= 0.6 is 11.3 Å². The number of anilines is 1. The van der Waals surface area contributed by atoms with E-state index in [1.807, 2.05) is 31.3 Å². The number of nitrogens with one attached hydrogen (secondary N) is 1. The molecule has 1 aliphatic carbocycles. The summed E-state index contributed by atoms with van der Waals surface area (Å²) in [5.41, 5.74) is 2.73. The number of para-hydroxylation sites is 1. The van der Waals surface area contributed by atoms with Gasteiger partial charge in [-0.05, 0) is 43.2 Å². The van der Waals surface area contributed by atoms with E-state index in [-0.39, 0.29) is 11.3 Å². The molecular formula is C20H27N3OS. The Balaban J connectivity index is 2.08. The third-order valence-corrected chi connectivity index (χ3v) is 6.21. The summed E-state index contributed by atoms with van der Waals surface area (Å²) < 4.78 is 2.25. The topological polar surface area (TPSA) is 46.4 Å².